The molecule has 1 aliphatic heterocycles. The van der Waals surface area contributed by atoms with Gasteiger partial charge in [0.15, 0.2) is 16.1 Å². The van der Waals surface area contributed by atoms with Crippen LogP contribution in [-0.4, -0.2) is 57.5 Å². The highest BCUT2D eigenvalue weighted by Gasteiger charge is 2.20. The molecule has 10 heteroatoms. The highest BCUT2D eigenvalue weighted by molar-refractivity contribution is 7.80. The predicted molar refractivity (Wildman–Crippen MR) is 105 cm³/mol. The molecule has 1 aromatic heterocycles. The molecule has 7 nitrogen and oxygen atoms in total. The summed E-state index contributed by atoms with van der Waals surface area (Å²) in [6.07, 6.45) is 0. The number of rotatable bonds is 3. The first-order chi connectivity index (χ1) is 12.4. The Bertz CT molecular complexity index is 826. The summed E-state index contributed by atoms with van der Waals surface area (Å²) in [6.45, 7) is 2.93. The van der Waals surface area contributed by atoms with Crippen molar-refractivity contribution in [1.82, 2.24) is 15.1 Å². The van der Waals surface area contributed by atoms with Crippen LogP contribution < -0.4 is 10.2 Å². The van der Waals surface area contributed by atoms with Gasteiger partial charge in [-0.3, -0.25) is 0 Å². The molecule has 0 saturated carbocycles. The maximum absolute atomic E-state index is 11.0. The van der Waals surface area contributed by atoms with E-state index in [1.807, 2.05) is 11.0 Å². The molecule has 26 heavy (non-hydrogen) atoms. The van der Waals surface area contributed by atoms with Gasteiger partial charge in [0.2, 0.25) is 0 Å². The van der Waals surface area contributed by atoms with Gasteiger partial charge in [-0.05, 0) is 42.5 Å². The number of thiocarbonyl (C=S) groups is 1. The van der Waals surface area contributed by atoms with Crippen LogP contribution in [0.25, 0.3) is 0 Å². The van der Waals surface area contributed by atoms with E-state index in [1.165, 1.54) is 6.07 Å². The molecular formula is C16H15Cl2N5O2S. The molecule has 0 amide bonds. The van der Waals surface area contributed by atoms with Gasteiger partial charge in [0.05, 0.1) is 10.6 Å². The Hall–Kier alpha value is -2.16. The van der Waals surface area contributed by atoms with Crippen molar-refractivity contribution in [2.45, 2.75) is 0 Å². The van der Waals surface area contributed by atoms with Crippen LogP contribution in [0.5, 0.6) is 0 Å². The first-order valence-corrected chi connectivity index (χ1v) is 8.93. The molecule has 1 aromatic carbocycles. The highest BCUT2D eigenvalue weighted by atomic mass is 35.5. The van der Waals surface area contributed by atoms with E-state index < -0.39 is 5.97 Å². The molecule has 0 bridgehead atoms. The molecule has 0 spiro atoms. The summed E-state index contributed by atoms with van der Waals surface area (Å²) in [5.74, 6) is -0.283. The van der Waals surface area contributed by atoms with E-state index in [9.17, 15) is 4.79 Å². The van der Waals surface area contributed by atoms with E-state index in [-0.39, 0.29) is 10.6 Å². The van der Waals surface area contributed by atoms with E-state index in [1.54, 1.807) is 18.2 Å². The number of carbonyl (C=O) groups is 1. The summed E-state index contributed by atoms with van der Waals surface area (Å²) in [7, 11) is 0. The Morgan fingerprint density at radius 2 is 1.85 bits per heavy atom. The summed E-state index contributed by atoms with van der Waals surface area (Å²) in [5, 5.41) is 21.1. The first-order valence-electron chi connectivity index (χ1n) is 7.77. The van der Waals surface area contributed by atoms with Crippen molar-refractivity contribution in [2.75, 3.05) is 36.4 Å². The van der Waals surface area contributed by atoms with Crippen LogP contribution in [0, 0.1) is 0 Å². The zero-order valence-corrected chi connectivity index (χ0v) is 15.9. The largest absolute Gasteiger partial charge is 0.478 e. The van der Waals surface area contributed by atoms with Crippen molar-refractivity contribution in [1.29, 1.82) is 0 Å². The van der Waals surface area contributed by atoms with Gasteiger partial charge >= 0.3 is 5.97 Å². The average Bonchev–Trinajstić information content (AvgIpc) is 2.62. The summed E-state index contributed by atoms with van der Waals surface area (Å²) >= 11 is 17.2. The minimum atomic E-state index is -1.06. The average molecular weight is 412 g/mol. The third-order valence-electron chi connectivity index (χ3n) is 3.96. The van der Waals surface area contributed by atoms with Gasteiger partial charge < -0.3 is 20.2 Å². The first kappa shape index (κ1) is 18.6. The molecule has 1 saturated heterocycles. The molecule has 0 unspecified atom stereocenters. The van der Waals surface area contributed by atoms with Crippen molar-refractivity contribution in [3.8, 4) is 0 Å². The second-order valence-corrected chi connectivity index (χ2v) is 6.80. The lowest BCUT2D eigenvalue weighted by Crippen LogP contribution is -2.50. The van der Waals surface area contributed by atoms with Crippen LogP contribution in [0.15, 0.2) is 30.3 Å². The van der Waals surface area contributed by atoms with Gasteiger partial charge in [-0.15, -0.1) is 10.2 Å². The second kappa shape index (κ2) is 8.03. The van der Waals surface area contributed by atoms with Gasteiger partial charge in [-0.25, -0.2) is 4.79 Å². The van der Waals surface area contributed by atoms with Crippen molar-refractivity contribution in [3.63, 3.8) is 0 Å². The van der Waals surface area contributed by atoms with Gasteiger partial charge in [0, 0.05) is 31.9 Å². The maximum atomic E-state index is 11.0. The highest BCUT2D eigenvalue weighted by Crippen LogP contribution is 2.22. The number of anilines is 2. The van der Waals surface area contributed by atoms with E-state index in [0.29, 0.717) is 16.0 Å². The second-order valence-electron chi connectivity index (χ2n) is 5.62. The van der Waals surface area contributed by atoms with Crippen LogP contribution in [0.1, 0.15) is 10.4 Å². The molecule has 1 fully saturated rings. The topological polar surface area (TPSA) is 81.6 Å². The number of nitrogens with one attached hydrogen (secondary N) is 1. The molecule has 2 heterocycles. The minimum Gasteiger partial charge on any atom is -0.478 e. The Morgan fingerprint density at radius 1 is 1.12 bits per heavy atom. The zero-order chi connectivity index (χ0) is 18.7. The van der Waals surface area contributed by atoms with Crippen molar-refractivity contribution in [3.05, 3.63) is 46.1 Å². The maximum Gasteiger partial charge on any atom is 0.337 e. The standard InChI is InChI=1S/C16H15Cl2N5O2S/c17-12-9-10(1-2-11(12)15(24)25)19-16(26)23-7-5-22(6-8-23)14-4-3-13(18)20-21-14/h1-4,9H,5-8H2,(H,19,26)(H,24,25). The Balaban J connectivity index is 1.57. The van der Waals surface area contributed by atoms with Crippen molar-refractivity contribution >= 4 is 58.0 Å². The number of hydrogen-bond acceptors (Lipinski definition) is 5. The van der Waals surface area contributed by atoms with E-state index in [2.05, 4.69) is 20.4 Å². The molecule has 0 atom stereocenters. The summed E-state index contributed by atoms with van der Waals surface area (Å²) in [5.41, 5.74) is 0.705. The molecule has 0 aliphatic carbocycles. The summed E-state index contributed by atoms with van der Waals surface area (Å²) in [6, 6.07) is 8.20. The lowest BCUT2D eigenvalue weighted by atomic mass is 10.2. The van der Waals surface area contributed by atoms with Crippen LogP contribution in [0.4, 0.5) is 11.5 Å². The lowest BCUT2D eigenvalue weighted by Gasteiger charge is -2.36. The van der Waals surface area contributed by atoms with Crippen LogP contribution in [0.3, 0.4) is 0 Å². The quantitative estimate of drug-likeness (QED) is 0.745. The van der Waals surface area contributed by atoms with E-state index in [4.69, 9.17) is 40.5 Å². The number of piperazine rings is 1. The number of carboxylic acids is 1. The lowest BCUT2D eigenvalue weighted by molar-refractivity contribution is 0.0697. The summed E-state index contributed by atoms with van der Waals surface area (Å²) in [4.78, 5) is 15.2. The number of nitrogens with zero attached hydrogens (tertiary/aromatic N) is 4. The number of carboxylic acid groups (broad SMARTS) is 1. The fourth-order valence-electron chi connectivity index (χ4n) is 2.59. The van der Waals surface area contributed by atoms with Gasteiger partial charge in [-0.2, -0.15) is 0 Å². The fraction of sp³-hybridized carbons (Fsp3) is 0.250. The fourth-order valence-corrected chi connectivity index (χ4v) is 3.25. The van der Waals surface area contributed by atoms with Gasteiger partial charge in [0.25, 0.3) is 0 Å². The molecular weight excluding hydrogens is 397 g/mol. The number of aromatic carboxylic acids is 1. The molecule has 2 aromatic rings. The summed E-state index contributed by atoms with van der Waals surface area (Å²) < 4.78 is 0. The van der Waals surface area contributed by atoms with Crippen molar-refractivity contribution < 1.29 is 9.90 Å². The molecule has 3 rings (SSSR count). The predicted octanol–water partition coefficient (Wildman–Crippen LogP) is 3.00. The SMILES string of the molecule is O=C(O)c1ccc(NC(=S)N2CCN(c3ccc(Cl)nn3)CC2)cc1Cl. The van der Waals surface area contributed by atoms with E-state index >= 15 is 0 Å². The minimum absolute atomic E-state index is 0.0563. The van der Waals surface area contributed by atoms with Crippen LogP contribution >= 0.6 is 35.4 Å². The molecule has 2 N–H and O–H groups in total. The number of halogens is 2. The van der Waals surface area contributed by atoms with Crippen LogP contribution in [0.2, 0.25) is 10.2 Å². The smallest absolute Gasteiger partial charge is 0.337 e. The van der Waals surface area contributed by atoms with Gasteiger partial charge in [-0.1, -0.05) is 23.2 Å². The Labute approximate surface area is 165 Å². The van der Waals surface area contributed by atoms with Crippen molar-refractivity contribution in [2.24, 2.45) is 0 Å². The number of hydrogen-bond donors (Lipinski definition) is 2. The molecule has 136 valence electrons. The molecule has 0 radical (unpaired) electrons. The van der Waals surface area contributed by atoms with E-state index in [0.717, 1.165) is 32.0 Å². The third-order valence-corrected chi connectivity index (χ3v) is 4.83. The zero-order valence-electron chi connectivity index (χ0n) is 13.5. The van der Waals surface area contributed by atoms with Crippen LogP contribution in [-0.2, 0) is 0 Å². The monoisotopic (exact) mass is 411 g/mol. The van der Waals surface area contributed by atoms with Gasteiger partial charge in [0.1, 0.15) is 0 Å². The normalized spacial score (nSPS) is 14.2. The third kappa shape index (κ3) is 4.32. The Morgan fingerprint density at radius 3 is 2.42 bits per heavy atom. The number of aromatic nitrogens is 2. The molecule has 1 aliphatic rings. The number of benzene rings is 1. The Kier molecular flexibility index (Phi) is 5.75.